The zero-order chi connectivity index (χ0) is 23.5. The molecule has 35 heavy (non-hydrogen) atoms. The van der Waals surface area contributed by atoms with E-state index in [4.69, 9.17) is 0 Å². The third-order valence-electron chi connectivity index (χ3n) is 8.56. The molecule has 4 aromatic rings. The van der Waals surface area contributed by atoms with Gasteiger partial charge < -0.3 is 0 Å². The molecule has 3 aliphatic rings. The van der Waals surface area contributed by atoms with Crippen LogP contribution in [0, 0.1) is 11.8 Å². The Morgan fingerprint density at radius 2 is 0.971 bits per heavy atom. The van der Waals surface area contributed by atoms with Gasteiger partial charge in [-0.3, -0.25) is 4.79 Å². The van der Waals surface area contributed by atoms with Crippen molar-refractivity contribution in [2.75, 3.05) is 0 Å². The van der Waals surface area contributed by atoms with E-state index in [1.54, 1.807) is 0 Å². The van der Waals surface area contributed by atoms with Gasteiger partial charge in [-0.1, -0.05) is 133 Å². The van der Waals surface area contributed by atoms with Gasteiger partial charge in [-0.15, -0.1) is 0 Å². The Labute approximate surface area is 206 Å². The number of carbonyl (C=O) groups excluding carboxylic acids is 1. The molecule has 0 unspecified atom stereocenters. The van der Waals surface area contributed by atoms with Gasteiger partial charge in [0.2, 0.25) is 0 Å². The first-order valence-electron chi connectivity index (χ1n) is 12.5. The molecule has 0 spiro atoms. The van der Waals surface area contributed by atoms with Crippen LogP contribution in [-0.4, -0.2) is 5.78 Å². The van der Waals surface area contributed by atoms with Crippen LogP contribution in [0.25, 0.3) is 11.1 Å². The van der Waals surface area contributed by atoms with Crippen molar-refractivity contribution in [3.63, 3.8) is 0 Å². The van der Waals surface area contributed by atoms with Crippen LogP contribution >= 0.6 is 0 Å². The molecule has 1 saturated carbocycles. The lowest BCUT2D eigenvalue weighted by atomic mass is 9.59. The molecule has 2 bridgehead atoms. The molecule has 1 nitrogen and oxygen atoms in total. The smallest absolute Gasteiger partial charge is 0.163 e. The highest BCUT2D eigenvalue weighted by atomic mass is 16.1. The SMILES string of the molecule is O=C1[C@@]2(c3ccccc3)C(c3ccccc3)=C(c3ccccc3)[C@]1(c1ccccc1)[C@H]1CC=C[C@@H]12. The molecule has 168 valence electrons. The summed E-state index contributed by atoms with van der Waals surface area (Å²) in [6, 6.07) is 42.3. The normalized spacial score (nSPS) is 28.5. The first kappa shape index (κ1) is 20.4. The Bertz CT molecular complexity index is 1470. The molecule has 0 saturated heterocycles. The lowest BCUT2D eigenvalue weighted by molar-refractivity contribution is -0.123. The van der Waals surface area contributed by atoms with E-state index in [1.165, 1.54) is 11.1 Å². The lowest BCUT2D eigenvalue weighted by Gasteiger charge is -2.41. The molecule has 0 amide bonds. The van der Waals surface area contributed by atoms with Crippen LogP contribution in [0.15, 0.2) is 133 Å². The third-order valence-corrected chi connectivity index (χ3v) is 8.56. The fourth-order valence-electron chi connectivity index (χ4n) is 7.46. The minimum Gasteiger partial charge on any atom is -0.297 e. The average molecular weight is 451 g/mol. The Morgan fingerprint density at radius 3 is 1.49 bits per heavy atom. The average Bonchev–Trinajstić information content (AvgIpc) is 3.57. The molecule has 0 radical (unpaired) electrons. The van der Waals surface area contributed by atoms with Crippen molar-refractivity contribution in [3.8, 4) is 0 Å². The zero-order valence-electron chi connectivity index (χ0n) is 19.5. The van der Waals surface area contributed by atoms with E-state index >= 15 is 4.79 Å². The predicted octanol–water partition coefficient (Wildman–Crippen LogP) is 7.26. The minimum atomic E-state index is -0.721. The quantitative estimate of drug-likeness (QED) is 0.299. The number of Topliss-reactive ketones (excluding diaryl/α,β-unsaturated/α-hetero) is 1. The van der Waals surface area contributed by atoms with E-state index < -0.39 is 10.8 Å². The summed E-state index contributed by atoms with van der Waals surface area (Å²) in [4.78, 5) is 15.3. The van der Waals surface area contributed by atoms with Gasteiger partial charge in [0.1, 0.15) is 0 Å². The number of hydrogen-bond acceptors (Lipinski definition) is 1. The molecule has 0 heterocycles. The van der Waals surface area contributed by atoms with Crippen LogP contribution in [0.2, 0.25) is 0 Å². The number of ketones is 1. The van der Waals surface area contributed by atoms with Crippen molar-refractivity contribution in [1.82, 2.24) is 0 Å². The topological polar surface area (TPSA) is 17.1 Å². The second-order valence-corrected chi connectivity index (χ2v) is 9.96. The number of fused-ring (bicyclic) bond motifs is 5. The molecule has 0 aromatic heterocycles. The molecular formula is C34H26O. The Kier molecular flexibility index (Phi) is 4.38. The summed E-state index contributed by atoms with van der Waals surface area (Å²) < 4.78 is 0. The monoisotopic (exact) mass is 450 g/mol. The number of hydrogen-bond donors (Lipinski definition) is 0. The highest BCUT2D eigenvalue weighted by Crippen LogP contribution is 2.74. The van der Waals surface area contributed by atoms with Gasteiger partial charge in [-0.25, -0.2) is 0 Å². The number of allylic oxidation sites excluding steroid dienone is 4. The summed E-state index contributed by atoms with van der Waals surface area (Å²) in [5, 5.41) is 0. The minimum absolute atomic E-state index is 0.125. The van der Waals surface area contributed by atoms with Gasteiger partial charge in [0.15, 0.2) is 5.78 Å². The molecule has 4 aromatic carbocycles. The van der Waals surface area contributed by atoms with E-state index in [0.717, 1.165) is 28.7 Å². The molecule has 3 aliphatic carbocycles. The molecule has 1 heteroatoms. The molecule has 4 atom stereocenters. The summed E-state index contributed by atoms with van der Waals surface area (Å²) in [6.07, 6.45) is 5.57. The van der Waals surface area contributed by atoms with Crippen LogP contribution in [0.1, 0.15) is 28.7 Å². The summed E-state index contributed by atoms with van der Waals surface area (Å²) in [5.74, 6) is 0.653. The van der Waals surface area contributed by atoms with Gasteiger partial charge in [-0.05, 0) is 45.7 Å². The summed E-state index contributed by atoms with van der Waals surface area (Å²) in [6.45, 7) is 0. The first-order valence-corrected chi connectivity index (χ1v) is 12.5. The maximum Gasteiger partial charge on any atom is 0.163 e. The Morgan fingerprint density at radius 1 is 0.543 bits per heavy atom. The Hall–Kier alpha value is -3.97. The van der Waals surface area contributed by atoms with Crippen molar-refractivity contribution < 1.29 is 4.79 Å². The van der Waals surface area contributed by atoms with Crippen molar-refractivity contribution >= 4 is 16.9 Å². The summed E-state index contributed by atoms with van der Waals surface area (Å²) in [5.41, 5.74) is 5.46. The van der Waals surface area contributed by atoms with Crippen molar-refractivity contribution in [1.29, 1.82) is 0 Å². The molecule has 0 aliphatic heterocycles. The fourth-order valence-corrected chi connectivity index (χ4v) is 7.46. The zero-order valence-corrected chi connectivity index (χ0v) is 19.5. The van der Waals surface area contributed by atoms with Crippen LogP contribution in [0.3, 0.4) is 0 Å². The number of benzene rings is 4. The van der Waals surface area contributed by atoms with Crippen LogP contribution in [-0.2, 0) is 15.6 Å². The summed E-state index contributed by atoms with van der Waals surface area (Å²) in [7, 11) is 0. The van der Waals surface area contributed by atoms with Crippen molar-refractivity contribution in [2.24, 2.45) is 11.8 Å². The highest BCUT2D eigenvalue weighted by Gasteiger charge is 2.76. The van der Waals surface area contributed by atoms with Crippen LogP contribution in [0.4, 0.5) is 0 Å². The van der Waals surface area contributed by atoms with Crippen molar-refractivity contribution in [2.45, 2.75) is 17.3 Å². The van der Waals surface area contributed by atoms with E-state index in [1.807, 2.05) is 12.1 Å². The maximum absolute atomic E-state index is 15.3. The molecular weight excluding hydrogens is 424 g/mol. The maximum atomic E-state index is 15.3. The summed E-state index contributed by atoms with van der Waals surface area (Å²) >= 11 is 0. The first-order chi connectivity index (χ1) is 17.3. The standard InChI is InChI=1S/C34H26O/c35-32-33(26-18-9-3-10-19-26)28-22-13-23-29(28)34(32,27-20-11-4-12-21-27)31(25-16-7-2-8-17-25)30(33)24-14-5-1-6-15-24/h1-22,28-29H,23H2/t28-,29-,33+,34-/m0/s1. The van der Waals surface area contributed by atoms with Crippen molar-refractivity contribution in [3.05, 3.63) is 156 Å². The predicted molar refractivity (Wildman–Crippen MR) is 142 cm³/mol. The van der Waals surface area contributed by atoms with Gasteiger partial charge in [0.25, 0.3) is 0 Å². The second-order valence-electron chi connectivity index (χ2n) is 9.96. The largest absolute Gasteiger partial charge is 0.297 e. The molecule has 0 N–H and O–H groups in total. The van der Waals surface area contributed by atoms with Gasteiger partial charge >= 0.3 is 0 Å². The van der Waals surface area contributed by atoms with E-state index in [2.05, 4.69) is 121 Å². The fraction of sp³-hybridized carbons (Fsp3) is 0.147. The highest BCUT2D eigenvalue weighted by molar-refractivity contribution is 6.30. The van der Waals surface area contributed by atoms with E-state index in [-0.39, 0.29) is 11.8 Å². The number of carbonyl (C=O) groups is 1. The molecule has 7 rings (SSSR count). The van der Waals surface area contributed by atoms with Gasteiger partial charge in [0, 0.05) is 5.92 Å². The van der Waals surface area contributed by atoms with Crippen LogP contribution in [0.5, 0.6) is 0 Å². The number of rotatable bonds is 4. The van der Waals surface area contributed by atoms with E-state index in [0.29, 0.717) is 5.78 Å². The second kappa shape index (κ2) is 7.52. The Balaban J connectivity index is 1.70. The molecule has 1 fully saturated rings. The van der Waals surface area contributed by atoms with E-state index in [9.17, 15) is 0 Å². The van der Waals surface area contributed by atoms with Gasteiger partial charge in [-0.2, -0.15) is 0 Å². The van der Waals surface area contributed by atoms with Gasteiger partial charge in [0.05, 0.1) is 10.8 Å². The van der Waals surface area contributed by atoms with Crippen LogP contribution < -0.4 is 0 Å². The third kappa shape index (κ3) is 2.46. The lowest BCUT2D eigenvalue weighted by Crippen LogP contribution is -2.38.